The molecule has 0 heteroatoms. The lowest BCUT2D eigenvalue weighted by Crippen LogP contribution is -2.06. The average molecular weight is 220 g/mol. The van der Waals surface area contributed by atoms with Crippen LogP contribution in [0.4, 0.5) is 0 Å². The van der Waals surface area contributed by atoms with Crippen molar-refractivity contribution in [2.45, 2.75) is 55.4 Å². The molecule has 0 amide bonds. The summed E-state index contributed by atoms with van der Waals surface area (Å²) in [5.74, 6) is 0.609. The van der Waals surface area contributed by atoms with Crippen molar-refractivity contribution in [1.82, 2.24) is 0 Å². The Kier molecular flexibility index (Phi) is 5.78. The molecule has 0 radical (unpaired) electrons. The van der Waals surface area contributed by atoms with E-state index in [0.717, 1.165) is 0 Å². The van der Waals surface area contributed by atoms with Crippen molar-refractivity contribution in [2.24, 2.45) is 11.3 Å². The average Bonchev–Trinajstić information content (AvgIpc) is 2.09. The van der Waals surface area contributed by atoms with E-state index in [2.05, 4.69) is 73.6 Å². The second-order valence-corrected chi connectivity index (χ2v) is 6.14. The molecule has 0 aliphatic carbocycles. The van der Waals surface area contributed by atoms with Gasteiger partial charge < -0.3 is 0 Å². The Hall–Kier alpha value is -0.780. The van der Waals surface area contributed by atoms with E-state index in [1.54, 1.807) is 0 Å². The molecule has 0 aromatic carbocycles. The third kappa shape index (κ3) is 5.95. The Morgan fingerprint density at radius 1 is 1.00 bits per heavy atom. The van der Waals surface area contributed by atoms with Gasteiger partial charge in [0.1, 0.15) is 0 Å². The van der Waals surface area contributed by atoms with Crippen molar-refractivity contribution in [3.8, 4) is 0 Å². The van der Waals surface area contributed by atoms with E-state index in [1.807, 2.05) is 0 Å². The van der Waals surface area contributed by atoms with Crippen molar-refractivity contribution < 1.29 is 0 Å². The van der Waals surface area contributed by atoms with Gasteiger partial charge in [-0.25, -0.2) is 0 Å². The highest BCUT2D eigenvalue weighted by Gasteiger charge is 2.12. The molecule has 0 N–H and O–H groups in total. The maximum Gasteiger partial charge on any atom is -0.0172 e. The molecule has 0 nitrogen and oxygen atoms in total. The molecule has 0 aliphatic rings. The molecule has 0 spiro atoms. The highest BCUT2D eigenvalue weighted by atomic mass is 14.2. The summed E-state index contributed by atoms with van der Waals surface area (Å²) in [4.78, 5) is 0. The summed E-state index contributed by atoms with van der Waals surface area (Å²) >= 11 is 0. The normalized spacial score (nSPS) is 13.7. The molecule has 0 aliphatic heterocycles. The number of allylic oxidation sites excluding steroid dienone is 6. The van der Waals surface area contributed by atoms with E-state index in [4.69, 9.17) is 0 Å². The lowest BCUT2D eigenvalue weighted by molar-refractivity contribution is 0.504. The summed E-state index contributed by atoms with van der Waals surface area (Å²) in [6.45, 7) is 17.7. The minimum atomic E-state index is 0.256. The zero-order valence-corrected chi connectivity index (χ0v) is 12.3. The number of rotatable bonds is 3. The minimum absolute atomic E-state index is 0.256. The summed E-state index contributed by atoms with van der Waals surface area (Å²) in [7, 11) is 0. The van der Waals surface area contributed by atoms with Crippen molar-refractivity contribution in [1.29, 1.82) is 0 Å². The van der Waals surface area contributed by atoms with Gasteiger partial charge in [0.15, 0.2) is 0 Å². The molecule has 0 bridgehead atoms. The monoisotopic (exact) mass is 220 g/mol. The van der Waals surface area contributed by atoms with Gasteiger partial charge in [-0.1, -0.05) is 64.0 Å². The highest BCUT2D eigenvalue weighted by molar-refractivity contribution is 5.37. The molecular weight excluding hydrogens is 192 g/mol. The Bertz CT molecular complexity index is 299. The molecule has 0 aromatic heterocycles. The van der Waals surface area contributed by atoms with E-state index in [9.17, 15) is 0 Å². The standard InChI is InChI=1S/C16H28/c1-12(2)9-10-15(13(3)4)11-14(5)16(6,7)8/h9-12H,1-8H3/b10-9-,14-11+. The van der Waals surface area contributed by atoms with Gasteiger partial charge in [0.2, 0.25) is 0 Å². The van der Waals surface area contributed by atoms with Gasteiger partial charge >= 0.3 is 0 Å². The number of hydrogen-bond donors (Lipinski definition) is 0. The Morgan fingerprint density at radius 2 is 1.50 bits per heavy atom. The summed E-state index contributed by atoms with van der Waals surface area (Å²) in [6.07, 6.45) is 6.82. The molecule has 0 saturated heterocycles. The van der Waals surface area contributed by atoms with Crippen LogP contribution >= 0.6 is 0 Å². The van der Waals surface area contributed by atoms with E-state index in [0.29, 0.717) is 5.92 Å². The van der Waals surface area contributed by atoms with Crippen molar-refractivity contribution >= 4 is 0 Å². The minimum Gasteiger partial charge on any atom is -0.0814 e. The van der Waals surface area contributed by atoms with Gasteiger partial charge in [-0.15, -0.1) is 0 Å². The van der Waals surface area contributed by atoms with Crippen LogP contribution in [-0.2, 0) is 0 Å². The van der Waals surface area contributed by atoms with Crippen LogP contribution in [0, 0.1) is 11.3 Å². The Morgan fingerprint density at radius 3 is 1.81 bits per heavy atom. The second kappa shape index (κ2) is 6.08. The predicted molar refractivity (Wildman–Crippen MR) is 75.6 cm³/mol. The molecule has 0 heterocycles. The van der Waals surface area contributed by atoms with Crippen LogP contribution in [0.25, 0.3) is 0 Å². The third-order valence-electron chi connectivity index (χ3n) is 2.79. The topological polar surface area (TPSA) is 0 Å². The first-order chi connectivity index (χ1) is 7.14. The molecule has 0 unspecified atom stereocenters. The summed E-state index contributed by atoms with van der Waals surface area (Å²) in [5, 5.41) is 0. The SMILES string of the molecule is CC(C)=C(/C=C\C(C)C)/C=C(\C)C(C)(C)C. The van der Waals surface area contributed by atoms with Gasteiger partial charge in [0.05, 0.1) is 0 Å². The summed E-state index contributed by atoms with van der Waals surface area (Å²) in [6, 6.07) is 0. The summed E-state index contributed by atoms with van der Waals surface area (Å²) in [5.41, 5.74) is 4.41. The van der Waals surface area contributed by atoms with Crippen LogP contribution in [0.15, 0.2) is 34.9 Å². The predicted octanol–water partition coefficient (Wildman–Crippen LogP) is 5.53. The van der Waals surface area contributed by atoms with Crippen LogP contribution in [0.3, 0.4) is 0 Å². The van der Waals surface area contributed by atoms with E-state index >= 15 is 0 Å². The molecular formula is C16H28. The molecule has 16 heavy (non-hydrogen) atoms. The zero-order chi connectivity index (χ0) is 12.9. The van der Waals surface area contributed by atoms with Crippen LogP contribution in [0.2, 0.25) is 0 Å². The van der Waals surface area contributed by atoms with E-state index in [1.165, 1.54) is 16.7 Å². The first kappa shape index (κ1) is 15.2. The maximum atomic E-state index is 2.31. The zero-order valence-electron chi connectivity index (χ0n) is 12.3. The number of hydrogen-bond acceptors (Lipinski definition) is 0. The fraction of sp³-hybridized carbons (Fsp3) is 0.625. The maximum absolute atomic E-state index is 2.31. The molecule has 0 fully saturated rings. The molecule has 0 aromatic rings. The first-order valence-corrected chi connectivity index (χ1v) is 6.19. The largest absolute Gasteiger partial charge is 0.0814 e. The van der Waals surface area contributed by atoms with Crippen molar-refractivity contribution in [3.63, 3.8) is 0 Å². The van der Waals surface area contributed by atoms with E-state index < -0.39 is 0 Å². The molecule has 92 valence electrons. The van der Waals surface area contributed by atoms with Gasteiger partial charge in [-0.05, 0) is 37.7 Å². The van der Waals surface area contributed by atoms with Gasteiger partial charge in [-0.2, -0.15) is 0 Å². The quantitative estimate of drug-likeness (QED) is 0.549. The first-order valence-electron chi connectivity index (χ1n) is 6.19. The van der Waals surface area contributed by atoms with Gasteiger partial charge in [0, 0.05) is 0 Å². The fourth-order valence-electron chi connectivity index (χ4n) is 1.10. The van der Waals surface area contributed by atoms with Crippen LogP contribution in [0.1, 0.15) is 55.4 Å². The van der Waals surface area contributed by atoms with Crippen LogP contribution in [0.5, 0.6) is 0 Å². The summed E-state index contributed by atoms with van der Waals surface area (Å²) < 4.78 is 0. The van der Waals surface area contributed by atoms with Crippen LogP contribution < -0.4 is 0 Å². The molecule has 0 atom stereocenters. The van der Waals surface area contributed by atoms with E-state index in [-0.39, 0.29) is 5.41 Å². The molecule has 0 rings (SSSR count). The van der Waals surface area contributed by atoms with Crippen molar-refractivity contribution in [2.75, 3.05) is 0 Å². The van der Waals surface area contributed by atoms with Gasteiger partial charge in [-0.3, -0.25) is 0 Å². The lowest BCUT2D eigenvalue weighted by atomic mass is 9.86. The molecule has 0 saturated carbocycles. The Labute approximate surface area is 102 Å². The van der Waals surface area contributed by atoms with Crippen molar-refractivity contribution in [3.05, 3.63) is 34.9 Å². The van der Waals surface area contributed by atoms with Crippen LogP contribution in [-0.4, -0.2) is 0 Å². The smallest absolute Gasteiger partial charge is 0.0172 e. The highest BCUT2D eigenvalue weighted by Crippen LogP contribution is 2.26. The Balaban J connectivity index is 5.08. The fourth-order valence-corrected chi connectivity index (χ4v) is 1.10. The lowest BCUT2D eigenvalue weighted by Gasteiger charge is -2.20. The second-order valence-electron chi connectivity index (χ2n) is 6.14. The third-order valence-corrected chi connectivity index (χ3v) is 2.79. The van der Waals surface area contributed by atoms with Gasteiger partial charge in [0.25, 0.3) is 0 Å².